The molecule has 0 heterocycles. The van der Waals surface area contributed by atoms with Crippen molar-refractivity contribution in [2.45, 2.75) is 52.2 Å². The number of nitrogens with zero attached hydrogens (tertiary/aromatic N) is 1. The van der Waals surface area contributed by atoms with Gasteiger partial charge in [0.1, 0.15) is 6.04 Å². The number of benzene rings is 3. The lowest BCUT2D eigenvalue weighted by molar-refractivity contribution is -0.141. The number of carbonyl (C=O) groups excluding carboxylic acids is 2. The van der Waals surface area contributed by atoms with Crippen molar-refractivity contribution in [3.63, 3.8) is 0 Å². The molecule has 0 saturated carbocycles. The molecule has 0 fully saturated rings. The molecule has 0 saturated heterocycles. The molecule has 0 aliphatic carbocycles. The van der Waals surface area contributed by atoms with Crippen LogP contribution in [-0.2, 0) is 29.0 Å². The van der Waals surface area contributed by atoms with Crippen LogP contribution in [0.2, 0.25) is 5.02 Å². The molecule has 0 radical (unpaired) electrons. The topological polar surface area (TPSA) is 49.4 Å². The molecule has 0 aliphatic rings. The summed E-state index contributed by atoms with van der Waals surface area (Å²) in [6.45, 7) is 6.15. The van der Waals surface area contributed by atoms with Crippen molar-refractivity contribution in [3.05, 3.63) is 106 Å². The predicted octanol–water partition coefficient (Wildman–Crippen LogP) is 5.36. The molecule has 5 heteroatoms. The van der Waals surface area contributed by atoms with Gasteiger partial charge in [0.05, 0.1) is 6.42 Å². The Balaban J connectivity index is 1.98. The van der Waals surface area contributed by atoms with Crippen LogP contribution in [0.1, 0.15) is 36.1 Å². The monoisotopic (exact) mass is 462 g/mol. The van der Waals surface area contributed by atoms with E-state index in [9.17, 15) is 9.59 Å². The zero-order valence-corrected chi connectivity index (χ0v) is 20.2. The Morgan fingerprint density at radius 3 is 2.24 bits per heavy atom. The number of nitrogens with one attached hydrogen (secondary N) is 1. The molecular weight excluding hydrogens is 432 g/mol. The molecule has 0 aliphatic heterocycles. The van der Waals surface area contributed by atoms with E-state index in [-0.39, 0.29) is 24.3 Å². The zero-order valence-electron chi connectivity index (χ0n) is 19.4. The third-order valence-corrected chi connectivity index (χ3v) is 5.78. The maximum atomic E-state index is 13.7. The minimum atomic E-state index is -0.648. The zero-order chi connectivity index (χ0) is 23.8. The number of rotatable bonds is 9. The number of halogens is 1. The highest BCUT2D eigenvalue weighted by molar-refractivity contribution is 6.30. The van der Waals surface area contributed by atoms with E-state index in [0.29, 0.717) is 18.0 Å². The molecule has 1 atom stereocenters. The molecule has 3 aromatic carbocycles. The van der Waals surface area contributed by atoms with E-state index in [4.69, 9.17) is 11.6 Å². The van der Waals surface area contributed by atoms with Crippen molar-refractivity contribution in [3.8, 4) is 0 Å². The van der Waals surface area contributed by atoms with Crippen LogP contribution in [-0.4, -0.2) is 28.8 Å². The average molecular weight is 463 g/mol. The van der Waals surface area contributed by atoms with Gasteiger partial charge < -0.3 is 10.2 Å². The number of carbonyl (C=O) groups is 2. The van der Waals surface area contributed by atoms with Gasteiger partial charge in [0.25, 0.3) is 0 Å². The van der Waals surface area contributed by atoms with E-state index in [1.165, 1.54) is 0 Å². The second kappa shape index (κ2) is 11.7. The van der Waals surface area contributed by atoms with Crippen LogP contribution < -0.4 is 5.32 Å². The first-order valence-electron chi connectivity index (χ1n) is 11.3. The first-order valence-corrected chi connectivity index (χ1v) is 11.6. The van der Waals surface area contributed by atoms with Gasteiger partial charge in [-0.3, -0.25) is 9.59 Å². The van der Waals surface area contributed by atoms with Gasteiger partial charge in [0.15, 0.2) is 0 Å². The van der Waals surface area contributed by atoms with Gasteiger partial charge in [-0.15, -0.1) is 0 Å². The van der Waals surface area contributed by atoms with Crippen molar-refractivity contribution in [1.29, 1.82) is 0 Å². The summed E-state index contributed by atoms with van der Waals surface area (Å²) in [6.07, 6.45) is 0.660. The van der Waals surface area contributed by atoms with Crippen molar-refractivity contribution in [1.82, 2.24) is 10.2 Å². The summed E-state index contributed by atoms with van der Waals surface area (Å²) in [4.78, 5) is 28.7. The van der Waals surface area contributed by atoms with E-state index < -0.39 is 6.04 Å². The molecule has 1 N–H and O–H groups in total. The Hall–Kier alpha value is -3.11. The van der Waals surface area contributed by atoms with Crippen LogP contribution >= 0.6 is 11.6 Å². The molecular formula is C28H31ClN2O2. The minimum absolute atomic E-state index is 0.0322. The molecule has 0 unspecified atom stereocenters. The second-order valence-electron chi connectivity index (χ2n) is 8.62. The van der Waals surface area contributed by atoms with Gasteiger partial charge in [0, 0.05) is 24.0 Å². The molecule has 3 aromatic rings. The molecule has 4 nitrogen and oxygen atoms in total. The van der Waals surface area contributed by atoms with E-state index in [1.807, 2.05) is 93.6 Å². The third kappa shape index (κ3) is 7.19. The highest BCUT2D eigenvalue weighted by Crippen LogP contribution is 2.19. The summed E-state index contributed by atoms with van der Waals surface area (Å²) in [7, 11) is 0. The summed E-state index contributed by atoms with van der Waals surface area (Å²) in [5, 5.41) is 3.61. The predicted molar refractivity (Wildman–Crippen MR) is 134 cm³/mol. The van der Waals surface area contributed by atoms with E-state index >= 15 is 0 Å². The Bertz CT molecular complexity index is 1080. The van der Waals surface area contributed by atoms with Gasteiger partial charge in [-0.2, -0.15) is 0 Å². The molecule has 0 aromatic heterocycles. The summed E-state index contributed by atoms with van der Waals surface area (Å²) in [5.41, 5.74) is 3.90. The normalized spacial score (nSPS) is 11.8. The van der Waals surface area contributed by atoms with E-state index in [2.05, 4.69) is 5.32 Å². The SMILES string of the molecule is Cc1ccccc1CC(=O)N(Cc1cccc(Cl)c1)[C@H](Cc1ccccc1)C(=O)NC(C)C. The van der Waals surface area contributed by atoms with Gasteiger partial charge in [0.2, 0.25) is 11.8 Å². The lowest BCUT2D eigenvalue weighted by atomic mass is 10.00. The van der Waals surface area contributed by atoms with Gasteiger partial charge in [-0.25, -0.2) is 0 Å². The fourth-order valence-electron chi connectivity index (χ4n) is 3.84. The number of hydrogen-bond donors (Lipinski definition) is 1. The standard InChI is InChI=1S/C28H31ClN2O2/c1-20(2)30-28(33)26(17-22-11-5-4-6-12-22)31(19-23-13-9-15-25(29)16-23)27(32)18-24-14-8-7-10-21(24)3/h4-16,20,26H,17-19H2,1-3H3,(H,30,33)/t26-/m1/s1. The van der Waals surface area contributed by atoms with Crippen LogP contribution in [0.15, 0.2) is 78.9 Å². The largest absolute Gasteiger partial charge is 0.352 e. The second-order valence-corrected chi connectivity index (χ2v) is 9.06. The van der Waals surface area contributed by atoms with Crippen LogP contribution in [0, 0.1) is 6.92 Å². The molecule has 2 amide bonds. The van der Waals surface area contributed by atoms with Gasteiger partial charge in [-0.1, -0.05) is 78.3 Å². The van der Waals surface area contributed by atoms with Crippen LogP contribution in [0.3, 0.4) is 0 Å². The maximum Gasteiger partial charge on any atom is 0.243 e. The lowest BCUT2D eigenvalue weighted by Gasteiger charge is -2.32. The highest BCUT2D eigenvalue weighted by Gasteiger charge is 2.31. The molecule has 0 bridgehead atoms. The van der Waals surface area contributed by atoms with Crippen LogP contribution in [0.25, 0.3) is 0 Å². The Kier molecular flexibility index (Phi) is 8.67. The van der Waals surface area contributed by atoms with Gasteiger partial charge >= 0.3 is 0 Å². The quantitative estimate of drug-likeness (QED) is 0.465. The number of aryl methyl sites for hydroxylation is 1. The fourth-order valence-corrected chi connectivity index (χ4v) is 4.05. The Morgan fingerprint density at radius 2 is 1.58 bits per heavy atom. The minimum Gasteiger partial charge on any atom is -0.352 e. The third-order valence-electron chi connectivity index (χ3n) is 5.55. The average Bonchev–Trinajstić information content (AvgIpc) is 2.78. The van der Waals surface area contributed by atoms with Crippen LogP contribution in [0.5, 0.6) is 0 Å². The summed E-state index contributed by atoms with van der Waals surface area (Å²) in [6, 6.07) is 24.4. The Labute approximate surface area is 201 Å². The molecule has 3 rings (SSSR count). The Morgan fingerprint density at radius 1 is 0.909 bits per heavy atom. The summed E-state index contributed by atoms with van der Waals surface area (Å²) < 4.78 is 0. The van der Waals surface area contributed by atoms with Crippen molar-refractivity contribution in [2.24, 2.45) is 0 Å². The summed E-state index contributed by atoms with van der Waals surface area (Å²) in [5.74, 6) is -0.252. The van der Waals surface area contributed by atoms with E-state index in [1.54, 1.807) is 11.0 Å². The smallest absolute Gasteiger partial charge is 0.243 e. The fraction of sp³-hybridized carbons (Fsp3) is 0.286. The first-order chi connectivity index (χ1) is 15.8. The van der Waals surface area contributed by atoms with Crippen molar-refractivity contribution < 1.29 is 9.59 Å². The lowest BCUT2D eigenvalue weighted by Crippen LogP contribution is -2.52. The van der Waals surface area contributed by atoms with Crippen LogP contribution in [0.4, 0.5) is 0 Å². The molecule has 0 spiro atoms. The maximum absolute atomic E-state index is 13.7. The molecule has 172 valence electrons. The highest BCUT2D eigenvalue weighted by atomic mass is 35.5. The van der Waals surface area contributed by atoms with E-state index in [0.717, 1.165) is 22.3 Å². The van der Waals surface area contributed by atoms with Gasteiger partial charge in [-0.05, 0) is 55.2 Å². The van der Waals surface area contributed by atoms with Crippen molar-refractivity contribution >= 4 is 23.4 Å². The summed E-state index contributed by atoms with van der Waals surface area (Å²) >= 11 is 6.22. The molecule has 33 heavy (non-hydrogen) atoms. The van der Waals surface area contributed by atoms with Crippen molar-refractivity contribution in [2.75, 3.05) is 0 Å². The number of hydrogen-bond acceptors (Lipinski definition) is 2. The first kappa shape index (κ1) is 24.5. The number of amides is 2.